The summed E-state index contributed by atoms with van der Waals surface area (Å²) in [6.07, 6.45) is 0.452. The lowest BCUT2D eigenvalue weighted by Gasteiger charge is -2.20. The van der Waals surface area contributed by atoms with Gasteiger partial charge in [0.25, 0.3) is 0 Å². The van der Waals surface area contributed by atoms with E-state index in [1.165, 1.54) is 13.8 Å². The van der Waals surface area contributed by atoms with Crippen molar-refractivity contribution in [3.8, 4) is 0 Å². The molecule has 4 N–H and O–H groups in total. The SMILES string of the molecule is CC(=O)OCCc1c(C(=O)O)[nH]c(C(c2ccccc2)c2[nH]c(C(=O)O)c(C)c2CCOC(C)=O)c1C. The Hall–Kier alpha value is -4.34. The number of carboxylic acids is 2. The summed E-state index contributed by atoms with van der Waals surface area (Å²) in [6.45, 7) is 6.12. The number of H-pyrrole nitrogens is 2. The van der Waals surface area contributed by atoms with Crippen LogP contribution in [0.15, 0.2) is 30.3 Å². The van der Waals surface area contributed by atoms with Crippen molar-refractivity contribution in [2.45, 2.75) is 46.5 Å². The predicted octanol–water partition coefficient (Wildman–Crippen LogP) is 3.75. The molecule has 0 bridgehead atoms. The number of nitrogens with one attached hydrogen (secondary N) is 2. The molecule has 1 aromatic carbocycles. The molecule has 10 nitrogen and oxygen atoms in total. The van der Waals surface area contributed by atoms with E-state index in [0.717, 1.165) is 5.56 Å². The molecular weight excluding hydrogens is 480 g/mol. The van der Waals surface area contributed by atoms with Crippen molar-refractivity contribution in [2.75, 3.05) is 13.2 Å². The molecule has 0 aliphatic rings. The summed E-state index contributed by atoms with van der Waals surface area (Å²) in [5.41, 5.74) is 4.22. The number of carbonyl (C=O) groups is 4. The number of hydrogen-bond donors (Lipinski definition) is 4. The van der Waals surface area contributed by atoms with Crippen LogP contribution in [-0.2, 0) is 31.9 Å². The third-order valence-electron chi connectivity index (χ3n) is 6.28. The molecule has 0 spiro atoms. The number of aromatic carboxylic acids is 2. The average Bonchev–Trinajstić information content (AvgIpc) is 3.32. The average molecular weight is 511 g/mol. The smallest absolute Gasteiger partial charge is 0.352 e. The minimum absolute atomic E-state index is 0.00602. The Labute approximate surface area is 213 Å². The number of carboxylic acid groups (broad SMARTS) is 2. The van der Waals surface area contributed by atoms with Gasteiger partial charge in [0.05, 0.1) is 19.1 Å². The largest absolute Gasteiger partial charge is 0.477 e. The maximum absolute atomic E-state index is 12.1. The van der Waals surface area contributed by atoms with E-state index in [-0.39, 0.29) is 37.4 Å². The first kappa shape index (κ1) is 27.3. The highest BCUT2D eigenvalue weighted by Gasteiger charge is 2.31. The van der Waals surface area contributed by atoms with Crippen LogP contribution in [0.2, 0.25) is 0 Å². The normalized spacial score (nSPS) is 11.7. The second-order valence-electron chi connectivity index (χ2n) is 8.67. The highest BCUT2D eigenvalue weighted by atomic mass is 16.5. The van der Waals surface area contributed by atoms with E-state index < -0.39 is 29.8 Å². The van der Waals surface area contributed by atoms with Crippen LogP contribution in [0.4, 0.5) is 0 Å². The fourth-order valence-corrected chi connectivity index (χ4v) is 4.59. The molecule has 0 amide bonds. The summed E-state index contributed by atoms with van der Waals surface area (Å²) in [5, 5.41) is 19.7. The van der Waals surface area contributed by atoms with E-state index in [4.69, 9.17) is 9.47 Å². The van der Waals surface area contributed by atoms with Gasteiger partial charge in [-0.1, -0.05) is 30.3 Å². The Morgan fingerprint density at radius 1 is 0.757 bits per heavy atom. The first-order chi connectivity index (χ1) is 17.5. The molecule has 37 heavy (non-hydrogen) atoms. The van der Waals surface area contributed by atoms with Crippen LogP contribution in [0, 0.1) is 13.8 Å². The van der Waals surface area contributed by atoms with E-state index >= 15 is 0 Å². The number of hydrogen-bond acceptors (Lipinski definition) is 6. The van der Waals surface area contributed by atoms with Crippen LogP contribution in [0.1, 0.15) is 79.9 Å². The standard InChI is InChI=1S/C27H30N2O8/c1-14-20(11-13-37-17(4)31)25(27(34)35)28-22(14)21(18-8-6-5-7-9-18)24-19(10-12-36-16(3)30)15(2)23(29-24)26(32)33/h5-9,21,28-29H,10-13H2,1-4H3,(H,32,33)(H,34,35). The van der Waals surface area contributed by atoms with Gasteiger partial charge in [-0.2, -0.15) is 0 Å². The molecule has 10 heteroatoms. The second kappa shape index (κ2) is 11.6. The molecule has 2 aromatic heterocycles. The van der Waals surface area contributed by atoms with Crippen molar-refractivity contribution in [1.82, 2.24) is 9.97 Å². The Kier molecular flexibility index (Phi) is 8.54. The van der Waals surface area contributed by atoms with Crippen LogP contribution in [0.25, 0.3) is 0 Å². The number of ether oxygens (including phenoxy) is 2. The number of aromatic amines is 2. The van der Waals surface area contributed by atoms with Gasteiger partial charge >= 0.3 is 23.9 Å². The number of carbonyl (C=O) groups excluding carboxylic acids is 2. The van der Waals surface area contributed by atoms with Crippen molar-refractivity contribution in [3.05, 3.63) is 80.9 Å². The molecule has 1 unspecified atom stereocenters. The summed E-state index contributed by atoms with van der Waals surface area (Å²) in [5.74, 6) is -3.80. The van der Waals surface area contributed by atoms with Crippen LogP contribution in [0.3, 0.4) is 0 Å². The van der Waals surface area contributed by atoms with Crippen molar-refractivity contribution < 1.29 is 38.9 Å². The molecule has 196 valence electrons. The lowest BCUT2D eigenvalue weighted by atomic mass is 9.86. The first-order valence-corrected chi connectivity index (χ1v) is 11.7. The number of aromatic nitrogens is 2. The highest BCUT2D eigenvalue weighted by molar-refractivity contribution is 5.89. The zero-order valence-corrected chi connectivity index (χ0v) is 21.1. The number of esters is 2. The minimum atomic E-state index is -1.16. The molecule has 0 fully saturated rings. The summed E-state index contributed by atoms with van der Waals surface area (Å²) in [6, 6.07) is 9.27. The summed E-state index contributed by atoms with van der Waals surface area (Å²) in [4.78, 5) is 52.8. The summed E-state index contributed by atoms with van der Waals surface area (Å²) in [7, 11) is 0. The monoisotopic (exact) mass is 510 g/mol. The third kappa shape index (κ3) is 6.08. The van der Waals surface area contributed by atoms with Gasteiger partial charge in [0.15, 0.2) is 0 Å². The predicted molar refractivity (Wildman–Crippen MR) is 133 cm³/mol. The lowest BCUT2D eigenvalue weighted by Crippen LogP contribution is -2.11. The van der Waals surface area contributed by atoms with E-state index in [1.54, 1.807) is 13.8 Å². The fourth-order valence-electron chi connectivity index (χ4n) is 4.59. The van der Waals surface area contributed by atoms with Gasteiger partial charge in [0, 0.05) is 38.1 Å². The molecule has 0 aliphatic carbocycles. The molecule has 0 saturated heterocycles. The van der Waals surface area contributed by atoms with Crippen molar-refractivity contribution in [1.29, 1.82) is 0 Å². The third-order valence-corrected chi connectivity index (χ3v) is 6.28. The quantitative estimate of drug-likeness (QED) is 0.284. The second-order valence-corrected chi connectivity index (χ2v) is 8.67. The van der Waals surface area contributed by atoms with Crippen LogP contribution < -0.4 is 0 Å². The molecule has 0 aliphatic heterocycles. The van der Waals surface area contributed by atoms with Crippen LogP contribution in [-0.4, -0.2) is 57.3 Å². The molecule has 2 heterocycles. The van der Waals surface area contributed by atoms with Gasteiger partial charge in [-0.25, -0.2) is 9.59 Å². The Balaban J connectivity index is 2.23. The van der Waals surface area contributed by atoms with E-state index in [2.05, 4.69) is 9.97 Å². The zero-order valence-electron chi connectivity index (χ0n) is 21.1. The topological polar surface area (TPSA) is 159 Å². The van der Waals surface area contributed by atoms with E-state index in [1.807, 2.05) is 30.3 Å². The highest BCUT2D eigenvalue weighted by Crippen LogP contribution is 2.38. The van der Waals surface area contributed by atoms with Crippen LogP contribution in [0.5, 0.6) is 0 Å². The van der Waals surface area contributed by atoms with Gasteiger partial charge in [-0.05, 0) is 41.7 Å². The number of benzene rings is 1. The van der Waals surface area contributed by atoms with Gasteiger partial charge in [0.2, 0.25) is 0 Å². The zero-order chi connectivity index (χ0) is 27.3. The van der Waals surface area contributed by atoms with Crippen molar-refractivity contribution >= 4 is 23.9 Å². The lowest BCUT2D eigenvalue weighted by molar-refractivity contribution is -0.141. The minimum Gasteiger partial charge on any atom is -0.477 e. The molecule has 3 aromatic rings. The van der Waals surface area contributed by atoms with Crippen LogP contribution >= 0.6 is 0 Å². The summed E-state index contributed by atoms with van der Waals surface area (Å²) >= 11 is 0. The molecular formula is C27H30N2O8. The van der Waals surface area contributed by atoms with Crippen molar-refractivity contribution in [3.63, 3.8) is 0 Å². The Morgan fingerprint density at radius 3 is 1.78 bits per heavy atom. The molecule has 0 saturated carbocycles. The number of rotatable bonds is 11. The summed E-state index contributed by atoms with van der Waals surface area (Å²) < 4.78 is 10.2. The van der Waals surface area contributed by atoms with Gasteiger partial charge in [-0.3, -0.25) is 9.59 Å². The maximum Gasteiger partial charge on any atom is 0.352 e. The van der Waals surface area contributed by atoms with Gasteiger partial charge < -0.3 is 29.7 Å². The van der Waals surface area contributed by atoms with Gasteiger partial charge in [-0.15, -0.1) is 0 Å². The van der Waals surface area contributed by atoms with Gasteiger partial charge in [0.1, 0.15) is 11.4 Å². The van der Waals surface area contributed by atoms with E-state index in [0.29, 0.717) is 33.6 Å². The fraction of sp³-hybridized carbons (Fsp3) is 0.333. The molecule has 1 atom stereocenters. The van der Waals surface area contributed by atoms with Crippen molar-refractivity contribution in [2.24, 2.45) is 0 Å². The maximum atomic E-state index is 12.1. The Bertz CT molecular complexity index is 1320. The van der Waals surface area contributed by atoms with E-state index in [9.17, 15) is 29.4 Å². The Morgan fingerprint density at radius 2 is 1.27 bits per heavy atom. The molecule has 3 rings (SSSR count). The molecule has 0 radical (unpaired) electrons. The first-order valence-electron chi connectivity index (χ1n) is 11.7.